The molecule has 120 valence electrons. The molecule has 0 bridgehead atoms. The maximum atomic E-state index is 12.2. The van der Waals surface area contributed by atoms with E-state index < -0.39 is 5.60 Å². The molecule has 0 unspecified atom stereocenters. The monoisotopic (exact) mass is 305 g/mol. The van der Waals surface area contributed by atoms with E-state index >= 15 is 0 Å². The smallest absolute Gasteiger partial charge is 0.410 e. The minimum absolute atomic E-state index is 0.249. The van der Waals surface area contributed by atoms with Gasteiger partial charge in [-0.3, -0.25) is 0 Å². The minimum atomic E-state index is -0.473. The molecule has 0 radical (unpaired) electrons. The van der Waals surface area contributed by atoms with Crippen molar-refractivity contribution in [1.82, 2.24) is 10.2 Å². The Kier molecular flexibility index (Phi) is 5.09. The number of nitrogens with zero attached hydrogens (tertiary/aromatic N) is 2. The fraction of sp³-hybridized carbons (Fsp3) is 0.625. The third-order valence-corrected chi connectivity index (χ3v) is 3.22. The van der Waals surface area contributed by atoms with Crippen LogP contribution in [0.1, 0.15) is 45.1 Å². The Morgan fingerprint density at radius 1 is 1.50 bits per heavy atom. The number of carbonyl (C=O) groups is 1. The molecular weight excluding hydrogens is 282 g/mol. The van der Waals surface area contributed by atoms with Crippen LogP contribution in [0.2, 0.25) is 0 Å². The lowest BCUT2D eigenvalue weighted by atomic mass is 10.2. The lowest BCUT2D eigenvalue weighted by molar-refractivity contribution is 0.0236. The van der Waals surface area contributed by atoms with E-state index in [-0.39, 0.29) is 6.09 Å². The van der Waals surface area contributed by atoms with Crippen molar-refractivity contribution >= 4 is 6.09 Å². The van der Waals surface area contributed by atoms with E-state index in [1.165, 1.54) is 0 Å². The van der Waals surface area contributed by atoms with Crippen molar-refractivity contribution in [3.63, 3.8) is 0 Å². The number of carbonyl (C=O) groups excluding carboxylic acids is 1. The first-order chi connectivity index (χ1) is 10.4. The normalized spacial score (nSPS) is 14.5. The summed E-state index contributed by atoms with van der Waals surface area (Å²) >= 11 is 0. The van der Waals surface area contributed by atoms with E-state index in [2.05, 4.69) is 5.32 Å². The van der Waals surface area contributed by atoms with Gasteiger partial charge in [0.1, 0.15) is 17.4 Å². The highest BCUT2D eigenvalue weighted by Gasteiger charge is 2.34. The van der Waals surface area contributed by atoms with Gasteiger partial charge in [0.25, 0.3) is 0 Å². The molecule has 1 saturated carbocycles. The second-order valence-corrected chi connectivity index (χ2v) is 6.46. The molecule has 6 nitrogen and oxygen atoms in total. The number of hydrogen-bond donors (Lipinski definition) is 1. The van der Waals surface area contributed by atoms with Gasteiger partial charge in [0.2, 0.25) is 5.76 Å². The van der Waals surface area contributed by atoms with Gasteiger partial charge in [0, 0.05) is 19.1 Å². The van der Waals surface area contributed by atoms with Gasteiger partial charge in [-0.05, 0) is 45.7 Å². The van der Waals surface area contributed by atoms with Crippen LogP contribution in [0.3, 0.4) is 0 Å². The van der Waals surface area contributed by atoms with Crippen LogP contribution < -0.4 is 5.32 Å². The first-order valence-corrected chi connectivity index (χ1v) is 7.58. The summed E-state index contributed by atoms with van der Waals surface area (Å²) in [6.07, 6.45) is 1.84. The predicted octanol–water partition coefficient (Wildman–Crippen LogP) is 2.64. The summed E-state index contributed by atoms with van der Waals surface area (Å²) in [5, 5.41) is 11.9. The lowest BCUT2D eigenvalue weighted by Gasteiger charge is -2.27. The maximum absolute atomic E-state index is 12.2. The average molecular weight is 305 g/mol. The van der Waals surface area contributed by atoms with Gasteiger partial charge in [-0.25, -0.2) is 4.79 Å². The Bertz CT molecular complexity index is 550. The second kappa shape index (κ2) is 6.84. The molecular formula is C16H23N3O3. The average Bonchev–Trinajstić information content (AvgIpc) is 3.14. The van der Waals surface area contributed by atoms with Gasteiger partial charge < -0.3 is 19.4 Å². The zero-order valence-corrected chi connectivity index (χ0v) is 13.4. The molecule has 0 aliphatic heterocycles. The number of nitriles is 1. The summed E-state index contributed by atoms with van der Waals surface area (Å²) < 4.78 is 10.7. The molecule has 1 amide bonds. The fourth-order valence-corrected chi connectivity index (χ4v) is 2.07. The molecule has 1 fully saturated rings. The molecule has 6 heteroatoms. The van der Waals surface area contributed by atoms with Gasteiger partial charge in [-0.2, -0.15) is 5.26 Å². The van der Waals surface area contributed by atoms with E-state index in [0.29, 0.717) is 37.2 Å². The molecule has 0 spiro atoms. The van der Waals surface area contributed by atoms with E-state index in [9.17, 15) is 4.79 Å². The Balaban J connectivity index is 1.75. The van der Waals surface area contributed by atoms with Crippen molar-refractivity contribution in [2.45, 2.75) is 51.8 Å². The highest BCUT2D eigenvalue weighted by Crippen LogP contribution is 2.28. The van der Waals surface area contributed by atoms with Crippen molar-refractivity contribution < 1.29 is 13.9 Å². The predicted molar refractivity (Wildman–Crippen MR) is 81.1 cm³/mol. The Morgan fingerprint density at radius 2 is 2.23 bits per heavy atom. The van der Waals surface area contributed by atoms with Crippen LogP contribution in [0.15, 0.2) is 16.5 Å². The summed E-state index contributed by atoms with van der Waals surface area (Å²) in [7, 11) is 0. The van der Waals surface area contributed by atoms with Gasteiger partial charge in [0.05, 0.1) is 6.54 Å². The van der Waals surface area contributed by atoms with Crippen LogP contribution in [0.4, 0.5) is 4.79 Å². The summed E-state index contributed by atoms with van der Waals surface area (Å²) in [5.41, 5.74) is -0.473. The highest BCUT2D eigenvalue weighted by atomic mass is 16.6. The van der Waals surface area contributed by atoms with Crippen molar-refractivity contribution in [3.8, 4) is 6.07 Å². The first kappa shape index (κ1) is 16.4. The van der Waals surface area contributed by atoms with Gasteiger partial charge >= 0.3 is 6.09 Å². The number of amides is 1. The minimum Gasteiger partial charge on any atom is -0.449 e. The lowest BCUT2D eigenvalue weighted by Crippen LogP contribution is -2.41. The SMILES string of the molecule is CC(C)(C)OC(=O)N(CCNCc1ccc(C#N)o1)C1CC1. The molecule has 22 heavy (non-hydrogen) atoms. The number of nitrogens with one attached hydrogen (secondary N) is 1. The second-order valence-electron chi connectivity index (χ2n) is 6.46. The van der Waals surface area contributed by atoms with Crippen LogP contribution in [-0.4, -0.2) is 35.7 Å². The summed E-state index contributed by atoms with van der Waals surface area (Å²) in [5.74, 6) is 1.02. The highest BCUT2D eigenvalue weighted by molar-refractivity contribution is 5.69. The largest absolute Gasteiger partial charge is 0.449 e. The van der Waals surface area contributed by atoms with Crippen molar-refractivity contribution in [2.24, 2.45) is 0 Å². The standard InChI is InChI=1S/C16H23N3O3/c1-16(2,3)22-15(20)19(12-4-5-12)9-8-18-11-14-7-6-13(10-17)21-14/h6-7,12,18H,4-5,8-9,11H2,1-3H3. The fourth-order valence-electron chi connectivity index (χ4n) is 2.07. The Morgan fingerprint density at radius 3 is 2.77 bits per heavy atom. The molecule has 1 aromatic heterocycles. The first-order valence-electron chi connectivity index (χ1n) is 7.58. The molecule has 1 aromatic rings. The number of furan rings is 1. The summed E-state index contributed by atoms with van der Waals surface area (Å²) in [4.78, 5) is 14.0. The third kappa shape index (κ3) is 5.08. The van der Waals surface area contributed by atoms with Crippen molar-refractivity contribution in [3.05, 3.63) is 23.7 Å². The summed E-state index contributed by atoms with van der Waals surface area (Å²) in [6.45, 7) is 7.41. The molecule has 0 atom stereocenters. The van der Waals surface area contributed by atoms with Gasteiger partial charge in [-0.15, -0.1) is 0 Å². The van der Waals surface area contributed by atoms with Gasteiger partial charge in [0.15, 0.2) is 0 Å². The van der Waals surface area contributed by atoms with Crippen LogP contribution in [-0.2, 0) is 11.3 Å². The van der Waals surface area contributed by atoms with Crippen LogP contribution in [0.5, 0.6) is 0 Å². The van der Waals surface area contributed by atoms with Crippen molar-refractivity contribution in [1.29, 1.82) is 5.26 Å². The summed E-state index contributed by atoms with van der Waals surface area (Å²) in [6, 6.07) is 5.69. The van der Waals surface area contributed by atoms with Crippen molar-refractivity contribution in [2.75, 3.05) is 13.1 Å². The topological polar surface area (TPSA) is 78.5 Å². The Hall–Kier alpha value is -2.00. The van der Waals surface area contributed by atoms with E-state index in [1.54, 1.807) is 17.0 Å². The molecule has 2 rings (SSSR count). The molecule has 1 aliphatic carbocycles. The zero-order valence-electron chi connectivity index (χ0n) is 13.4. The molecule has 1 N–H and O–H groups in total. The number of hydrogen-bond acceptors (Lipinski definition) is 5. The number of rotatable bonds is 6. The third-order valence-electron chi connectivity index (χ3n) is 3.22. The molecule has 1 aliphatic rings. The maximum Gasteiger partial charge on any atom is 0.410 e. The van der Waals surface area contributed by atoms with Crippen LogP contribution in [0, 0.1) is 11.3 Å². The number of ether oxygens (including phenoxy) is 1. The van der Waals surface area contributed by atoms with Gasteiger partial charge in [-0.1, -0.05) is 0 Å². The van der Waals surface area contributed by atoms with E-state index in [4.69, 9.17) is 14.4 Å². The van der Waals surface area contributed by atoms with E-state index in [1.807, 2.05) is 26.8 Å². The molecule has 1 heterocycles. The molecule has 0 aromatic carbocycles. The zero-order chi connectivity index (χ0) is 16.2. The van der Waals surface area contributed by atoms with Crippen LogP contribution in [0.25, 0.3) is 0 Å². The molecule has 0 saturated heterocycles. The van der Waals surface area contributed by atoms with Crippen LogP contribution >= 0.6 is 0 Å². The quantitative estimate of drug-likeness (QED) is 0.817. The van der Waals surface area contributed by atoms with E-state index in [0.717, 1.165) is 12.8 Å². The Labute approximate surface area is 131 Å².